The molecular weight excluding hydrogens is 168 g/mol. The first kappa shape index (κ1) is 8.97. The minimum atomic E-state index is -0.570. The third-order valence-corrected chi connectivity index (χ3v) is 2.44. The van der Waals surface area contributed by atoms with E-state index >= 15 is 0 Å². The molecule has 1 heterocycles. The van der Waals surface area contributed by atoms with Gasteiger partial charge >= 0.3 is 0 Å². The van der Waals surface area contributed by atoms with E-state index in [9.17, 15) is 9.90 Å². The molecule has 1 aliphatic heterocycles. The number of likely N-dealkylation sites (tertiary alicyclic amines) is 1. The molecule has 74 valence electrons. The van der Waals surface area contributed by atoms with Crippen LogP contribution in [0.15, 0.2) is 0 Å². The van der Waals surface area contributed by atoms with Crippen molar-refractivity contribution in [1.82, 2.24) is 10.2 Å². The molecule has 1 aliphatic carbocycles. The van der Waals surface area contributed by atoms with E-state index in [1.807, 2.05) is 4.90 Å². The van der Waals surface area contributed by atoms with Crippen molar-refractivity contribution >= 4 is 5.91 Å². The predicted octanol–water partition coefficient (Wildman–Crippen LogP) is -0.668. The third-order valence-electron chi connectivity index (χ3n) is 2.44. The van der Waals surface area contributed by atoms with Gasteiger partial charge in [-0.1, -0.05) is 0 Å². The molecule has 2 fully saturated rings. The summed E-state index contributed by atoms with van der Waals surface area (Å²) in [5.41, 5.74) is -0.570. The minimum absolute atomic E-state index is 0.0954. The number of nitrogens with one attached hydrogen (secondary N) is 1. The Bertz CT molecular complexity index is 216. The second-order valence-electron chi connectivity index (χ2n) is 4.48. The maximum atomic E-state index is 11.3. The molecule has 13 heavy (non-hydrogen) atoms. The quantitative estimate of drug-likeness (QED) is 0.611. The molecule has 1 saturated carbocycles. The van der Waals surface area contributed by atoms with Crippen LogP contribution in [0.1, 0.15) is 19.8 Å². The summed E-state index contributed by atoms with van der Waals surface area (Å²) in [5, 5.41) is 12.3. The fourth-order valence-corrected chi connectivity index (χ4v) is 1.73. The molecule has 1 amide bonds. The molecule has 0 spiro atoms. The number of aliphatic hydroxyl groups is 1. The highest BCUT2D eigenvalue weighted by molar-refractivity contribution is 5.78. The lowest BCUT2D eigenvalue weighted by atomic mass is 9.97. The largest absolute Gasteiger partial charge is 0.388 e. The summed E-state index contributed by atoms with van der Waals surface area (Å²) < 4.78 is 0. The number of hydrogen-bond donors (Lipinski definition) is 2. The SMILES string of the molecule is CC1(O)CN(CC(=O)NC2CC2)C1. The van der Waals surface area contributed by atoms with Crippen molar-refractivity contribution in [2.45, 2.75) is 31.4 Å². The second-order valence-corrected chi connectivity index (χ2v) is 4.48. The van der Waals surface area contributed by atoms with Gasteiger partial charge in [-0.15, -0.1) is 0 Å². The monoisotopic (exact) mass is 184 g/mol. The number of nitrogens with zero attached hydrogens (tertiary/aromatic N) is 1. The summed E-state index contributed by atoms with van der Waals surface area (Å²) in [4.78, 5) is 13.2. The summed E-state index contributed by atoms with van der Waals surface area (Å²) >= 11 is 0. The number of hydrogen-bond acceptors (Lipinski definition) is 3. The fraction of sp³-hybridized carbons (Fsp3) is 0.889. The Labute approximate surface area is 77.9 Å². The Morgan fingerprint density at radius 2 is 2.23 bits per heavy atom. The first-order valence-corrected chi connectivity index (χ1v) is 4.79. The molecular formula is C9H16N2O2. The van der Waals surface area contributed by atoms with Crippen molar-refractivity contribution in [1.29, 1.82) is 0 Å². The first-order valence-electron chi connectivity index (χ1n) is 4.79. The molecule has 4 nitrogen and oxygen atoms in total. The zero-order valence-electron chi connectivity index (χ0n) is 7.92. The molecule has 0 aromatic carbocycles. The number of amides is 1. The van der Waals surface area contributed by atoms with Crippen molar-refractivity contribution in [3.05, 3.63) is 0 Å². The zero-order chi connectivity index (χ0) is 9.47. The third kappa shape index (κ3) is 2.42. The Hall–Kier alpha value is -0.610. The van der Waals surface area contributed by atoms with Crippen LogP contribution in [0.3, 0.4) is 0 Å². The van der Waals surface area contributed by atoms with Crippen LogP contribution in [0.5, 0.6) is 0 Å². The molecule has 0 aromatic heterocycles. The average Bonchev–Trinajstić information content (AvgIpc) is 2.66. The molecule has 1 saturated heterocycles. The van der Waals surface area contributed by atoms with Gasteiger partial charge in [0.25, 0.3) is 0 Å². The van der Waals surface area contributed by atoms with E-state index in [0.29, 0.717) is 25.7 Å². The van der Waals surface area contributed by atoms with Gasteiger partial charge in [-0.05, 0) is 19.8 Å². The van der Waals surface area contributed by atoms with Crippen LogP contribution in [0, 0.1) is 0 Å². The summed E-state index contributed by atoms with van der Waals surface area (Å²) in [7, 11) is 0. The van der Waals surface area contributed by atoms with Gasteiger partial charge in [-0.3, -0.25) is 9.69 Å². The van der Waals surface area contributed by atoms with E-state index in [4.69, 9.17) is 0 Å². The summed E-state index contributed by atoms with van der Waals surface area (Å²) in [6, 6.07) is 0.439. The number of carbonyl (C=O) groups is 1. The van der Waals surface area contributed by atoms with Gasteiger partial charge in [-0.2, -0.15) is 0 Å². The Morgan fingerprint density at radius 1 is 1.62 bits per heavy atom. The minimum Gasteiger partial charge on any atom is -0.388 e. The zero-order valence-corrected chi connectivity index (χ0v) is 7.92. The summed E-state index contributed by atoms with van der Waals surface area (Å²) in [6.45, 7) is 3.46. The van der Waals surface area contributed by atoms with Crippen LogP contribution in [-0.4, -0.2) is 47.2 Å². The second kappa shape index (κ2) is 2.96. The Kier molecular flexibility index (Phi) is 2.04. The normalized spacial score (nSPS) is 26.6. The maximum Gasteiger partial charge on any atom is 0.234 e. The number of rotatable bonds is 3. The molecule has 0 radical (unpaired) electrons. The Balaban J connectivity index is 1.64. The number of β-amino-alcohol motifs (C(OH)–C–C–N with tert-alkyl or cyclic N) is 1. The molecule has 4 heteroatoms. The van der Waals surface area contributed by atoms with Crippen molar-refractivity contribution in [2.24, 2.45) is 0 Å². The fourth-order valence-electron chi connectivity index (χ4n) is 1.73. The van der Waals surface area contributed by atoms with Crippen LogP contribution in [0.25, 0.3) is 0 Å². The summed E-state index contributed by atoms with van der Waals surface area (Å²) in [5.74, 6) is 0.0954. The van der Waals surface area contributed by atoms with Crippen molar-refractivity contribution in [2.75, 3.05) is 19.6 Å². The van der Waals surface area contributed by atoms with Gasteiger partial charge in [-0.25, -0.2) is 0 Å². The predicted molar refractivity (Wildman–Crippen MR) is 48.2 cm³/mol. The number of carbonyl (C=O) groups excluding carboxylic acids is 1. The van der Waals surface area contributed by atoms with E-state index in [0.717, 1.165) is 12.8 Å². The standard InChI is InChI=1S/C9H16N2O2/c1-9(13)5-11(6-9)4-8(12)10-7-2-3-7/h7,13H,2-6H2,1H3,(H,10,12). The highest BCUT2D eigenvalue weighted by Gasteiger charge is 2.37. The van der Waals surface area contributed by atoms with Gasteiger partial charge in [0, 0.05) is 19.1 Å². The lowest BCUT2D eigenvalue weighted by Crippen LogP contribution is -2.61. The van der Waals surface area contributed by atoms with Gasteiger partial charge in [0.1, 0.15) is 0 Å². The van der Waals surface area contributed by atoms with Gasteiger partial charge in [0.15, 0.2) is 0 Å². The van der Waals surface area contributed by atoms with Gasteiger partial charge < -0.3 is 10.4 Å². The van der Waals surface area contributed by atoms with E-state index in [1.165, 1.54) is 0 Å². The molecule has 0 aromatic rings. The van der Waals surface area contributed by atoms with Crippen LogP contribution >= 0.6 is 0 Å². The topological polar surface area (TPSA) is 52.6 Å². The lowest BCUT2D eigenvalue weighted by molar-refractivity contribution is -0.130. The van der Waals surface area contributed by atoms with E-state index in [-0.39, 0.29) is 5.91 Å². The average molecular weight is 184 g/mol. The van der Waals surface area contributed by atoms with Crippen LogP contribution in [-0.2, 0) is 4.79 Å². The highest BCUT2D eigenvalue weighted by Crippen LogP contribution is 2.20. The Morgan fingerprint density at radius 3 is 2.69 bits per heavy atom. The summed E-state index contributed by atoms with van der Waals surface area (Å²) in [6.07, 6.45) is 2.26. The highest BCUT2D eigenvalue weighted by atomic mass is 16.3. The maximum absolute atomic E-state index is 11.3. The molecule has 2 N–H and O–H groups in total. The first-order chi connectivity index (χ1) is 6.05. The van der Waals surface area contributed by atoms with Crippen molar-refractivity contribution in [3.63, 3.8) is 0 Å². The van der Waals surface area contributed by atoms with Crippen LogP contribution in [0.4, 0.5) is 0 Å². The molecule has 2 aliphatic rings. The smallest absolute Gasteiger partial charge is 0.234 e. The lowest BCUT2D eigenvalue weighted by Gasteiger charge is -2.43. The van der Waals surface area contributed by atoms with Crippen molar-refractivity contribution in [3.8, 4) is 0 Å². The molecule has 0 atom stereocenters. The van der Waals surface area contributed by atoms with Crippen LogP contribution < -0.4 is 5.32 Å². The molecule has 2 rings (SSSR count). The van der Waals surface area contributed by atoms with Crippen molar-refractivity contribution < 1.29 is 9.90 Å². The van der Waals surface area contributed by atoms with E-state index in [1.54, 1.807) is 6.92 Å². The van der Waals surface area contributed by atoms with E-state index in [2.05, 4.69) is 5.32 Å². The van der Waals surface area contributed by atoms with E-state index < -0.39 is 5.60 Å². The van der Waals surface area contributed by atoms with Crippen LogP contribution in [0.2, 0.25) is 0 Å². The van der Waals surface area contributed by atoms with Gasteiger partial charge in [0.05, 0.1) is 12.1 Å². The van der Waals surface area contributed by atoms with Gasteiger partial charge in [0.2, 0.25) is 5.91 Å². The molecule has 0 unspecified atom stereocenters. The molecule has 0 bridgehead atoms.